The van der Waals surface area contributed by atoms with Gasteiger partial charge in [-0.2, -0.15) is 0 Å². The second-order valence-corrected chi connectivity index (χ2v) is 6.36. The zero-order chi connectivity index (χ0) is 15.5. The second kappa shape index (κ2) is 6.91. The number of likely N-dealkylation sites (N-methyl/N-ethyl adjacent to an activating group) is 1. The number of rotatable bonds is 6. The Morgan fingerprint density at radius 1 is 1.29 bits per heavy atom. The molecule has 118 valence electrons. The highest BCUT2D eigenvalue weighted by molar-refractivity contribution is 5.31. The van der Waals surface area contributed by atoms with Gasteiger partial charge in [0.1, 0.15) is 0 Å². The first-order valence-corrected chi connectivity index (χ1v) is 8.17. The van der Waals surface area contributed by atoms with Crippen LogP contribution in [0.25, 0.3) is 0 Å². The highest BCUT2D eigenvalue weighted by atomic mass is 16.5. The average Bonchev–Trinajstić information content (AvgIpc) is 2.49. The van der Waals surface area contributed by atoms with Gasteiger partial charge in [-0.05, 0) is 50.9 Å². The molecule has 21 heavy (non-hydrogen) atoms. The van der Waals surface area contributed by atoms with E-state index in [4.69, 9.17) is 10.5 Å². The number of nitrogens with zero attached hydrogens (tertiary/aromatic N) is 1. The average molecular weight is 290 g/mol. The summed E-state index contributed by atoms with van der Waals surface area (Å²) in [7, 11) is 4.28. The van der Waals surface area contributed by atoms with Crippen LogP contribution in [0.3, 0.4) is 0 Å². The van der Waals surface area contributed by atoms with Crippen LogP contribution in [-0.2, 0) is 11.2 Å². The Labute approximate surface area is 129 Å². The van der Waals surface area contributed by atoms with E-state index in [2.05, 4.69) is 57.1 Å². The fourth-order valence-corrected chi connectivity index (χ4v) is 3.86. The van der Waals surface area contributed by atoms with Crippen LogP contribution < -0.4 is 5.73 Å². The fourth-order valence-electron chi connectivity index (χ4n) is 3.86. The standard InChI is InChI=1S/C18H30N2O/c1-5-18(6-2,20(3)4)17(19)13-16-15-10-8-7-9-14(15)11-12-21-16/h7-10,16-17H,5-6,11-13,19H2,1-4H3. The zero-order valence-electron chi connectivity index (χ0n) is 13.9. The van der Waals surface area contributed by atoms with Crippen LogP contribution in [0.2, 0.25) is 0 Å². The first kappa shape index (κ1) is 16.5. The number of ether oxygens (including phenoxy) is 1. The van der Waals surface area contributed by atoms with E-state index in [1.54, 1.807) is 0 Å². The van der Waals surface area contributed by atoms with Crippen molar-refractivity contribution in [1.29, 1.82) is 0 Å². The Morgan fingerprint density at radius 2 is 1.95 bits per heavy atom. The Hall–Kier alpha value is -0.900. The quantitative estimate of drug-likeness (QED) is 0.874. The van der Waals surface area contributed by atoms with Crippen molar-refractivity contribution >= 4 is 0 Å². The summed E-state index contributed by atoms with van der Waals surface area (Å²) in [5.41, 5.74) is 9.45. The van der Waals surface area contributed by atoms with E-state index in [1.807, 2.05) is 0 Å². The monoisotopic (exact) mass is 290 g/mol. The van der Waals surface area contributed by atoms with Crippen LogP contribution in [-0.4, -0.2) is 37.2 Å². The predicted molar refractivity (Wildman–Crippen MR) is 88.4 cm³/mol. The summed E-state index contributed by atoms with van der Waals surface area (Å²) in [5, 5.41) is 0. The van der Waals surface area contributed by atoms with E-state index < -0.39 is 0 Å². The van der Waals surface area contributed by atoms with Crippen molar-refractivity contribution in [3.05, 3.63) is 35.4 Å². The van der Waals surface area contributed by atoms with Gasteiger partial charge in [0.05, 0.1) is 12.7 Å². The third kappa shape index (κ3) is 3.15. The van der Waals surface area contributed by atoms with Gasteiger partial charge < -0.3 is 15.4 Å². The van der Waals surface area contributed by atoms with Crippen LogP contribution in [0, 0.1) is 0 Å². The van der Waals surface area contributed by atoms with Gasteiger partial charge in [-0.15, -0.1) is 0 Å². The maximum absolute atomic E-state index is 6.64. The minimum absolute atomic E-state index is 0.0513. The summed E-state index contributed by atoms with van der Waals surface area (Å²) in [6.07, 6.45) is 4.17. The van der Waals surface area contributed by atoms with Crippen molar-refractivity contribution in [2.24, 2.45) is 5.73 Å². The first-order valence-electron chi connectivity index (χ1n) is 8.17. The molecule has 0 aromatic heterocycles. The third-order valence-corrected chi connectivity index (χ3v) is 5.37. The summed E-state index contributed by atoms with van der Waals surface area (Å²) in [6, 6.07) is 8.74. The van der Waals surface area contributed by atoms with Crippen LogP contribution in [0.1, 0.15) is 50.3 Å². The maximum atomic E-state index is 6.64. The van der Waals surface area contributed by atoms with E-state index in [0.29, 0.717) is 0 Å². The lowest BCUT2D eigenvalue weighted by atomic mass is 9.79. The SMILES string of the molecule is CCC(CC)(C(N)CC1OCCc2ccccc21)N(C)C. The molecular formula is C18H30N2O. The molecule has 0 aliphatic carbocycles. The summed E-state index contributed by atoms with van der Waals surface area (Å²) in [5.74, 6) is 0. The molecule has 3 heteroatoms. The Morgan fingerprint density at radius 3 is 2.57 bits per heavy atom. The number of nitrogens with two attached hydrogens (primary N) is 1. The number of fused-ring (bicyclic) bond motifs is 1. The third-order valence-electron chi connectivity index (χ3n) is 5.37. The Balaban J connectivity index is 2.18. The number of benzene rings is 1. The summed E-state index contributed by atoms with van der Waals surface area (Å²) >= 11 is 0. The van der Waals surface area contributed by atoms with Crippen molar-refractivity contribution < 1.29 is 4.74 Å². The molecule has 2 unspecified atom stereocenters. The van der Waals surface area contributed by atoms with Crippen LogP contribution in [0.5, 0.6) is 0 Å². The molecule has 0 radical (unpaired) electrons. The molecule has 2 N–H and O–H groups in total. The molecule has 1 aliphatic heterocycles. The largest absolute Gasteiger partial charge is 0.373 e. The smallest absolute Gasteiger partial charge is 0.0843 e. The van der Waals surface area contributed by atoms with Gasteiger partial charge in [0.15, 0.2) is 0 Å². The number of hydrogen-bond acceptors (Lipinski definition) is 3. The summed E-state index contributed by atoms with van der Waals surface area (Å²) < 4.78 is 6.04. The predicted octanol–water partition coefficient (Wildman–Crippen LogP) is 3.14. The van der Waals surface area contributed by atoms with E-state index in [1.165, 1.54) is 11.1 Å². The highest BCUT2D eigenvalue weighted by Crippen LogP contribution is 2.35. The zero-order valence-corrected chi connectivity index (χ0v) is 13.9. The Bertz CT molecular complexity index is 454. The summed E-state index contributed by atoms with van der Waals surface area (Å²) in [6.45, 7) is 5.28. The Kier molecular flexibility index (Phi) is 5.42. The van der Waals surface area contributed by atoms with Gasteiger partial charge in [0, 0.05) is 11.6 Å². The molecule has 3 nitrogen and oxygen atoms in total. The molecule has 1 aliphatic rings. The van der Waals surface area contributed by atoms with Gasteiger partial charge in [-0.1, -0.05) is 38.1 Å². The van der Waals surface area contributed by atoms with Gasteiger partial charge in [-0.3, -0.25) is 0 Å². The van der Waals surface area contributed by atoms with E-state index in [0.717, 1.165) is 32.3 Å². The summed E-state index contributed by atoms with van der Waals surface area (Å²) in [4.78, 5) is 2.30. The van der Waals surface area contributed by atoms with E-state index in [9.17, 15) is 0 Å². The molecule has 0 amide bonds. The van der Waals surface area contributed by atoms with Crippen LogP contribution in [0.15, 0.2) is 24.3 Å². The van der Waals surface area contributed by atoms with Crippen molar-refractivity contribution in [1.82, 2.24) is 4.90 Å². The van der Waals surface area contributed by atoms with E-state index in [-0.39, 0.29) is 17.7 Å². The fraction of sp³-hybridized carbons (Fsp3) is 0.667. The minimum Gasteiger partial charge on any atom is -0.373 e. The molecule has 1 aromatic carbocycles. The molecular weight excluding hydrogens is 260 g/mol. The van der Waals surface area contributed by atoms with Crippen molar-refractivity contribution in [2.75, 3.05) is 20.7 Å². The molecule has 0 saturated heterocycles. The van der Waals surface area contributed by atoms with Gasteiger partial charge >= 0.3 is 0 Å². The molecule has 1 aromatic rings. The van der Waals surface area contributed by atoms with Crippen molar-refractivity contribution in [3.8, 4) is 0 Å². The molecule has 1 heterocycles. The molecule has 0 fully saturated rings. The normalized spacial score (nSPS) is 20.4. The molecule has 0 bridgehead atoms. The topological polar surface area (TPSA) is 38.5 Å². The van der Waals surface area contributed by atoms with E-state index >= 15 is 0 Å². The maximum Gasteiger partial charge on any atom is 0.0843 e. The van der Waals surface area contributed by atoms with Crippen molar-refractivity contribution in [3.63, 3.8) is 0 Å². The lowest BCUT2D eigenvalue weighted by molar-refractivity contribution is 0.00962. The highest BCUT2D eigenvalue weighted by Gasteiger charge is 2.37. The number of hydrogen-bond donors (Lipinski definition) is 1. The molecule has 0 saturated carbocycles. The van der Waals surface area contributed by atoms with Crippen LogP contribution in [0.4, 0.5) is 0 Å². The van der Waals surface area contributed by atoms with Gasteiger partial charge in [0.2, 0.25) is 0 Å². The lowest BCUT2D eigenvalue weighted by Crippen LogP contribution is -2.57. The second-order valence-electron chi connectivity index (χ2n) is 6.36. The van der Waals surface area contributed by atoms with Gasteiger partial charge in [0.25, 0.3) is 0 Å². The first-order chi connectivity index (χ1) is 10.0. The van der Waals surface area contributed by atoms with Crippen molar-refractivity contribution in [2.45, 2.75) is 57.2 Å². The molecule has 0 spiro atoms. The molecule has 2 rings (SSSR count). The van der Waals surface area contributed by atoms with Crippen LogP contribution >= 0.6 is 0 Å². The minimum atomic E-state index is 0.0513. The van der Waals surface area contributed by atoms with Gasteiger partial charge in [-0.25, -0.2) is 0 Å². The lowest BCUT2D eigenvalue weighted by Gasteiger charge is -2.45. The molecule has 2 atom stereocenters.